The van der Waals surface area contributed by atoms with Crippen molar-refractivity contribution in [3.05, 3.63) is 0 Å². The number of likely N-dealkylation sites (tertiary alicyclic amines) is 2. The lowest BCUT2D eigenvalue weighted by Crippen LogP contribution is -2.42. The Kier molecular flexibility index (Phi) is 7.71. The summed E-state index contributed by atoms with van der Waals surface area (Å²) in [6, 6.07) is 0. The Morgan fingerprint density at radius 2 is 1.82 bits per heavy atom. The van der Waals surface area contributed by atoms with Crippen LogP contribution in [0.4, 0.5) is 0 Å². The Bertz CT molecular complexity index is 554. The van der Waals surface area contributed by atoms with Gasteiger partial charge in [-0.15, -0.1) is 0 Å². The fourth-order valence-electron chi connectivity index (χ4n) is 4.81. The Labute approximate surface area is 168 Å². The minimum absolute atomic E-state index is 0.0553. The zero-order chi connectivity index (χ0) is 19.9. The molecule has 1 N–H and O–H groups in total. The normalized spacial score (nSPS) is 24.2. The zero-order valence-electron chi connectivity index (χ0n) is 17.2. The Morgan fingerprint density at radius 3 is 2.50 bits per heavy atom. The average Bonchev–Trinajstić information content (AvgIpc) is 3.32. The van der Waals surface area contributed by atoms with E-state index in [0.29, 0.717) is 50.4 Å². The van der Waals surface area contributed by atoms with E-state index in [1.807, 2.05) is 9.80 Å². The van der Waals surface area contributed by atoms with Gasteiger partial charge in [-0.2, -0.15) is 0 Å². The molecule has 0 aromatic carbocycles. The molecule has 1 atom stereocenters. The van der Waals surface area contributed by atoms with Crippen LogP contribution in [0.3, 0.4) is 0 Å². The number of carbonyl (C=O) groups is 3. The van der Waals surface area contributed by atoms with Crippen LogP contribution in [0.1, 0.15) is 51.4 Å². The van der Waals surface area contributed by atoms with Crippen LogP contribution in [0, 0.1) is 17.8 Å². The molecule has 1 aliphatic carbocycles. The van der Waals surface area contributed by atoms with Gasteiger partial charge in [0.1, 0.15) is 0 Å². The van der Waals surface area contributed by atoms with Crippen molar-refractivity contribution in [3.63, 3.8) is 0 Å². The van der Waals surface area contributed by atoms with E-state index in [-0.39, 0.29) is 17.7 Å². The molecular formula is C21H35N3O4. The SMILES string of the molecule is COCCNC(=O)C1CC(=O)N(CC2CCN(C(=O)CC3CCCC3)CC2)C1. The quantitative estimate of drug-likeness (QED) is 0.633. The van der Waals surface area contributed by atoms with Gasteiger partial charge >= 0.3 is 0 Å². The van der Waals surface area contributed by atoms with Gasteiger partial charge in [-0.1, -0.05) is 12.8 Å². The predicted molar refractivity (Wildman–Crippen MR) is 105 cm³/mol. The van der Waals surface area contributed by atoms with Gasteiger partial charge in [-0.05, 0) is 37.5 Å². The smallest absolute Gasteiger partial charge is 0.225 e. The molecule has 7 heteroatoms. The lowest BCUT2D eigenvalue weighted by Gasteiger charge is -2.34. The first kappa shape index (κ1) is 21.1. The summed E-state index contributed by atoms with van der Waals surface area (Å²) < 4.78 is 4.94. The molecule has 1 unspecified atom stereocenters. The maximum Gasteiger partial charge on any atom is 0.225 e. The van der Waals surface area contributed by atoms with Crippen LogP contribution in [0.15, 0.2) is 0 Å². The van der Waals surface area contributed by atoms with Crippen molar-refractivity contribution >= 4 is 17.7 Å². The number of ether oxygens (including phenoxy) is 1. The molecule has 1 saturated carbocycles. The second-order valence-electron chi connectivity index (χ2n) is 8.66. The Hall–Kier alpha value is -1.63. The van der Waals surface area contributed by atoms with Crippen molar-refractivity contribution in [3.8, 4) is 0 Å². The highest BCUT2D eigenvalue weighted by molar-refractivity contribution is 5.89. The number of methoxy groups -OCH3 is 1. The molecule has 28 heavy (non-hydrogen) atoms. The van der Waals surface area contributed by atoms with Gasteiger partial charge in [-0.25, -0.2) is 0 Å². The van der Waals surface area contributed by atoms with E-state index in [1.54, 1.807) is 7.11 Å². The fourth-order valence-corrected chi connectivity index (χ4v) is 4.81. The second kappa shape index (κ2) is 10.2. The van der Waals surface area contributed by atoms with Crippen LogP contribution >= 0.6 is 0 Å². The summed E-state index contributed by atoms with van der Waals surface area (Å²) in [6.45, 7) is 3.80. The molecule has 3 rings (SSSR count). The fraction of sp³-hybridized carbons (Fsp3) is 0.857. The molecule has 2 aliphatic heterocycles. The molecule has 0 spiro atoms. The highest BCUT2D eigenvalue weighted by Crippen LogP contribution is 2.29. The lowest BCUT2D eigenvalue weighted by molar-refractivity contribution is -0.134. The maximum absolute atomic E-state index is 12.5. The first-order valence-corrected chi connectivity index (χ1v) is 10.9. The highest BCUT2D eigenvalue weighted by Gasteiger charge is 2.36. The lowest BCUT2D eigenvalue weighted by atomic mass is 9.95. The molecule has 7 nitrogen and oxygen atoms in total. The van der Waals surface area contributed by atoms with Crippen molar-refractivity contribution < 1.29 is 19.1 Å². The van der Waals surface area contributed by atoms with Crippen LogP contribution in [-0.2, 0) is 19.1 Å². The number of rotatable bonds is 8. The Morgan fingerprint density at radius 1 is 1.11 bits per heavy atom. The van der Waals surface area contributed by atoms with E-state index >= 15 is 0 Å². The van der Waals surface area contributed by atoms with Crippen molar-refractivity contribution in [1.29, 1.82) is 0 Å². The molecule has 2 heterocycles. The zero-order valence-corrected chi connectivity index (χ0v) is 17.2. The van der Waals surface area contributed by atoms with Gasteiger partial charge in [0, 0.05) is 52.7 Å². The Balaban J connectivity index is 1.37. The number of amides is 3. The van der Waals surface area contributed by atoms with Crippen LogP contribution in [0.25, 0.3) is 0 Å². The monoisotopic (exact) mass is 393 g/mol. The van der Waals surface area contributed by atoms with Gasteiger partial charge in [-0.3, -0.25) is 14.4 Å². The van der Waals surface area contributed by atoms with Crippen molar-refractivity contribution in [2.75, 3.05) is 46.4 Å². The van der Waals surface area contributed by atoms with Crippen LogP contribution < -0.4 is 5.32 Å². The number of piperidine rings is 1. The van der Waals surface area contributed by atoms with Crippen molar-refractivity contribution in [2.24, 2.45) is 17.8 Å². The molecule has 158 valence electrons. The summed E-state index contributed by atoms with van der Waals surface area (Å²) in [5, 5.41) is 2.83. The third-order valence-electron chi connectivity index (χ3n) is 6.57. The minimum Gasteiger partial charge on any atom is -0.383 e. The van der Waals surface area contributed by atoms with Gasteiger partial charge in [0.2, 0.25) is 17.7 Å². The van der Waals surface area contributed by atoms with Gasteiger partial charge in [0.25, 0.3) is 0 Å². The predicted octanol–water partition coefficient (Wildman–Crippen LogP) is 1.42. The number of nitrogens with zero attached hydrogens (tertiary/aromatic N) is 2. The van der Waals surface area contributed by atoms with Crippen molar-refractivity contribution in [1.82, 2.24) is 15.1 Å². The number of hydrogen-bond donors (Lipinski definition) is 1. The van der Waals surface area contributed by atoms with E-state index in [0.717, 1.165) is 32.4 Å². The van der Waals surface area contributed by atoms with E-state index in [2.05, 4.69) is 5.32 Å². The molecule has 3 aliphatic rings. The van der Waals surface area contributed by atoms with E-state index < -0.39 is 0 Å². The van der Waals surface area contributed by atoms with E-state index in [9.17, 15) is 14.4 Å². The van der Waals surface area contributed by atoms with Gasteiger partial charge < -0.3 is 19.9 Å². The number of hydrogen-bond acceptors (Lipinski definition) is 4. The maximum atomic E-state index is 12.5. The van der Waals surface area contributed by atoms with Crippen molar-refractivity contribution in [2.45, 2.75) is 51.4 Å². The molecule has 3 amide bonds. The van der Waals surface area contributed by atoms with Gasteiger partial charge in [0.15, 0.2) is 0 Å². The molecule has 3 fully saturated rings. The number of carbonyl (C=O) groups excluding carboxylic acids is 3. The van der Waals surface area contributed by atoms with E-state index in [4.69, 9.17) is 4.74 Å². The van der Waals surface area contributed by atoms with Gasteiger partial charge in [0.05, 0.1) is 12.5 Å². The summed E-state index contributed by atoms with van der Waals surface area (Å²) >= 11 is 0. The van der Waals surface area contributed by atoms with Crippen LogP contribution in [0.5, 0.6) is 0 Å². The minimum atomic E-state index is -0.252. The second-order valence-corrected chi connectivity index (χ2v) is 8.66. The summed E-state index contributed by atoms with van der Waals surface area (Å²) in [5.74, 6) is 1.11. The highest BCUT2D eigenvalue weighted by atomic mass is 16.5. The van der Waals surface area contributed by atoms with Crippen LogP contribution in [0.2, 0.25) is 0 Å². The molecule has 0 aromatic heterocycles. The van der Waals surface area contributed by atoms with E-state index in [1.165, 1.54) is 25.7 Å². The molecule has 0 bridgehead atoms. The standard InChI is InChI=1S/C21H35N3O4/c1-28-11-8-22-21(27)18-13-20(26)24(15-18)14-17-6-9-23(10-7-17)19(25)12-16-4-2-3-5-16/h16-18H,2-15H2,1H3,(H,22,27). The topological polar surface area (TPSA) is 79.0 Å². The first-order valence-electron chi connectivity index (χ1n) is 10.9. The number of nitrogens with one attached hydrogen (secondary N) is 1. The summed E-state index contributed by atoms with van der Waals surface area (Å²) in [7, 11) is 1.60. The molecule has 2 saturated heterocycles. The molecule has 0 radical (unpaired) electrons. The third kappa shape index (κ3) is 5.69. The summed E-state index contributed by atoms with van der Waals surface area (Å²) in [6.07, 6.45) is 7.88. The molecule has 0 aromatic rings. The first-order chi connectivity index (χ1) is 13.6. The average molecular weight is 394 g/mol. The largest absolute Gasteiger partial charge is 0.383 e. The molecular weight excluding hydrogens is 358 g/mol. The third-order valence-corrected chi connectivity index (χ3v) is 6.57. The van der Waals surface area contributed by atoms with Crippen LogP contribution in [-0.4, -0.2) is 74.0 Å². The summed E-state index contributed by atoms with van der Waals surface area (Å²) in [5.41, 5.74) is 0. The summed E-state index contributed by atoms with van der Waals surface area (Å²) in [4.78, 5) is 40.8.